The molecule has 0 radical (unpaired) electrons. The van der Waals surface area contributed by atoms with E-state index in [-0.39, 0.29) is 30.2 Å². The van der Waals surface area contributed by atoms with E-state index in [9.17, 15) is 18.5 Å². The van der Waals surface area contributed by atoms with Gasteiger partial charge < -0.3 is 14.7 Å². The van der Waals surface area contributed by atoms with Crippen molar-refractivity contribution in [3.05, 3.63) is 59.3 Å². The number of benzene rings is 2. The average molecular weight is 609 g/mol. The van der Waals surface area contributed by atoms with E-state index in [4.69, 9.17) is 9.84 Å². The van der Waals surface area contributed by atoms with Gasteiger partial charge in [0, 0.05) is 30.8 Å². The number of fused-ring (bicyclic) bond motifs is 1. The van der Waals surface area contributed by atoms with Crippen molar-refractivity contribution in [3.63, 3.8) is 0 Å². The fraction of sp³-hybridized carbons (Fsp3) is 0.452. The number of aliphatic carboxylic acids is 1. The van der Waals surface area contributed by atoms with Crippen molar-refractivity contribution in [1.29, 1.82) is 5.26 Å². The second kappa shape index (κ2) is 12.9. The summed E-state index contributed by atoms with van der Waals surface area (Å²) in [6.45, 7) is 5.75. The van der Waals surface area contributed by atoms with Gasteiger partial charge in [0.15, 0.2) is 0 Å². The maximum Gasteiger partial charge on any atom is 0.303 e. The Hall–Kier alpha value is -3.30. The Kier molecular flexibility index (Phi) is 9.28. The SMILES string of the molecule is CC(C)Oc1ccc(-c2ncc(-c3cccc4c3CCC4NS(=O)(=O)CCN3CCC(CC(=O)O)CC3)s2)cc1C#N. The van der Waals surface area contributed by atoms with Gasteiger partial charge in [0.25, 0.3) is 0 Å². The highest BCUT2D eigenvalue weighted by Crippen LogP contribution is 2.41. The summed E-state index contributed by atoms with van der Waals surface area (Å²) in [5, 5.41) is 19.4. The molecule has 222 valence electrons. The summed E-state index contributed by atoms with van der Waals surface area (Å²) in [6, 6.07) is 13.5. The molecule has 0 saturated carbocycles. The van der Waals surface area contributed by atoms with Crippen LogP contribution in [-0.2, 0) is 21.2 Å². The Labute approximate surface area is 251 Å². The number of piperidine rings is 1. The molecule has 3 aromatic rings. The number of carbonyl (C=O) groups is 1. The Morgan fingerprint density at radius 1 is 1.24 bits per heavy atom. The maximum absolute atomic E-state index is 13.0. The summed E-state index contributed by atoms with van der Waals surface area (Å²) >= 11 is 1.55. The van der Waals surface area contributed by atoms with Crippen molar-refractivity contribution in [2.45, 2.75) is 58.1 Å². The van der Waals surface area contributed by atoms with E-state index in [0.717, 1.165) is 64.5 Å². The van der Waals surface area contributed by atoms with Crippen molar-refractivity contribution < 1.29 is 23.1 Å². The van der Waals surface area contributed by atoms with Crippen LogP contribution in [0, 0.1) is 17.2 Å². The minimum Gasteiger partial charge on any atom is -0.490 e. The van der Waals surface area contributed by atoms with E-state index in [2.05, 4.69) is 26.7 Å². The van der Waals surface area contributed by atoms with E-state index < -0.39 is 16.0 Å². The first-order valence-electron chi connectivity index (χ1n) is 14.3. The first kappa shape index (κ1) is 30.2. The lowest BCUT2D eigenvalue weighted by atomic mass is 9.94. The number of nitrogens with one attached hydrogen (secondary N) is 1. The summed E-state index contributed by atoms with van der Waals surface area (Å²) in [6.07, 6.45) is 5.03. The molecule has 5 rings (SSSR count). The van der Waals surface area contributed by atoms with Crippen molar-refractivity contribution >= 4 is 27.3 Å². The van der Waals surface area contributed by atoms with Gasteiger partial charge in [0.05, 0.1) is 22.3 Å². The number of likely N-dealkylation sites (tertiary alicyclic amines) is 1. The van der Waals surface area contributed by atoms with Gasteiger partial charge in [-0.15, -0.1) is 11.3 Å². The minimum absolute atomic E-state index is 0.0199. The van der Waals surface area contributed by atoms with Crippen molar-refractivity contribution in [1.82, 2.24) is 14.6 Å². The summed E-state index contributed by atoms with van der Waals surface area (Å²) < 4.78 is 34.8. The highest BCUT2D eigenvalue weighted by Gasteiger charge is 2.30. The van der Waals surface area contributed by atoms with Crippen LogP contribution in [0.25, 0.3) is 21.0 Å². The molecule has 1 unspecified atom stereocenters. The zero-order chi connectivity index (χ0) is 29.9. The second-order valence-corrected chi connectivity index (χ2v) is 14.2. The Morgan fingerprint density at radius 3 is 2.74 bits per heavy atom. The quantitative estimate of drug-likeness (QED) is 0.303. The number of carboxylic acids is 1. The molecule has 1 saturated heterocycles. The van der Waals surface area contributed by atoms with Crippen LogP contribution >= 0.6 is 11.3 Å². The number of sulfonamides is 1. The number of hydrogen-bond donors (Lipinski definition) is 2. The van der Waals surface area contributed by atoms with Crippen LogP contribution in [0.15, 0.2) is 42.6 Å². The van der Waals surface area contributed by atoms with Crippen molar-refractivity contribution in [2.75, 3.05) is 25.4 Å². The van der Waals surface area contributed by atoms with E-state index in [1.54, 1.807) is 17.4 Å². The van der Waals surface area contributed by atoms with E-state index in [0.29, 0.717) is 24.3 Å². The van der Waals surface area contributed by atoms with Crippen molar-refractivity contribution in [2.24, 2.45) is 5.92 Å². The lowest BCUT2D eigenvalue weighted by Gasteiger charge is -2.31. The Morgan fingerprint density at radius 2 is 2.02 bits per heavy atom. The molecule has 9 nitrogen and oxygen atoms in total. The number of aromatic nitrogens is 1. The average Bonchev–Trinajstić information content (AvgIpc) is 3.60. The van der Waals surface area contributed by atoms with Gasteiger partial charge in [0.1, 0.15) is 16.8 Å². The number of carboxylic acid groups (broad SMARTS) is 1. The fourth-order valence-electron chi connectivity index (χ4n) is 5.83. The highest BCUT2D eigenvalue weighted by molar-refractivity contribution is 7.89. The standard InChI is InChI=1S/C31H36N4O5S2/c1-20(2)40-28-9-6-22(17-23(28)18-32)31-33-19-29(41-31)26-5-3-4-25-24(26)7-8-27(25)34-42(38,39)15-14-35-12-10-21(11-13-35)16-30(36)37/h3-6,9,17,19-21,27,34H,7-8,10-16H2,1-2H3,(H,36,37). The highest BCUT2D eigenvalue weighted by atomic mass is 32.2. The summed E-state index contributed by atoms with van der Waals surface area (Å²) in [4.78, 5) is 18.7. The van der Waals surface area contributed by atoms with Crippen LogP contribution in [0.5, 0.6) is 5.75 Å². The summed E-state index contributed by atoms with van der Waals surface area (Å²) in [5.74, 6) is -0.0196. The molecule has 1 aliphatic carbocycles. The van der Waals surface area contributed by atoms with Gasteiger partial charge in [0.2, 0.25) is 10.0 Å². The molecule has 2 N–H and O–H groups in total. The second-order valence-electron chi connectivity index (χ2n) is 11.3. The molecule has 1 aromatic heterocycles. The van der Waals surface area contributed by atoms with Gasteiger partial charge in [-0.25, -0.2) is 18.1 Å². The molecule has 0 bridgehead atoms. The van der Waals surface area contributed by atoms with Gasteiger partial charge in [-0.1, -0.05) is 18.2 Å². The number of nitrogens with zero attached hydrogens (tertiary/aromatic N) is 3. The monoisotopic (exact) mass is 608 g/mol. The van der Waals surface area contributed by atoms with Gasteiger partial charge in [-0.05, 0) is 93.4 Å². The molecule has 2 aliphatic rings. The number of hydrogen-bond acceptors (Lipinski definition) is 8. The third kappa shape index (κ3) is 7.18. The number of rotatable bonds is 11. The summed E-state index contributed by atoms with van der Waals surface area (Å²) in [5.41, 5.74) is 4.52. The topological polar surface area (TPSA) is 133 Å². The molecule has 42 heavy (non-hydrogen) atoms. The normalized spacial score (nSPS) is 17.7. The lowest BCUT2D eigenvalue weighted by Crippen LogP contribution is -2.40. The smallest absolute Gasteiger partial charge is 0.303 e. The number of thiazole rings is 1. The Balaban J connectivity index is 1.25. The van der Waals surface area contributed by atoms with Gasteiger partial charge >= 0.3 is 5.97 Å². The van der Waals surface area contributed by atoms with Crippen LogP contribution in [0.1, 0.15) is 62.3 Å². The van der Waals surface area contributed by atoms with Crippen molar-refractivity contribution in [3.8, 4) is 32.8 Å². The lowest BCUT2D eigenvalue weighted by molar-refractivity contribution is -0.138. The first-order chi connectivity index (χ1) is 20.1. The van der Waals surface area contributed by atoms with Gasteiger partial charge in [-0.2, -0.15) is 5.26 Å². The number of nitriles is 1. The third-order valence-corrected chi connectivity index (χ3v) is 10.4. The molecule has 2 aromatic carbocycles. The minimum atomic E-state index is -3.50. The van der Waals surface area contributed by atoms with Crippen LogP contribution in [0.3, 0.4) is 0 Å². The van der Waals surface area contributed by atoms with Crippen LogP contribution in [0.4, 0.5) is 0 Å². The molecular formula is C31H36N4O5S2. The van der Waals surface area contributed by atoms with Crippen LogP contribution in [0.2, 0.25) is 0 Å². The first-order valence-corrected chi connectivity index (χ1v) is 16.8. The van der Waals surface area contributed by atoms with Gasteiger partial charge in [-0.3, -0.25) is 4.79 Å². The molecule has 1 aliphatic heterocycles. The van der Waals surface area contributed by atoms with Crippen LogP contribution in [-0.4, -0.2) is 60.9 Å². The van der Waals surface area contributed by atoms with E-state index in [1.807, 2.05) is 44.3 Å². The predicted octanol–water partition coefficient (Wildman–Crippen LogP) is 5.23. The van der Waals surface area contributed by atoms with Crippen LogP contribution < -0.4 is 9.46 Å². The maximum atomic E-state index is 13.0. The fourth-order valence-corrected chi connectivity index (χ4v) is 8.09. The summed E-state index contributed by atoms with van der Waals surface area (Å²) in [7, 11) is -3.50. The Bertz CT molecular complexity index is 1590. The van der Waals surface area contributed by atoms with E-state index >= 15 is 0 Å². The zero-order valence-corrected chi connectivity index (χ0v) is 25.5. The molecule has 0 amide bonds. The zero-order valence-electron chi connectivity index (χ0n) is 23.9. The predicted molar refractivity (Wildman–Crippen MR) is 163 cm³/mol. The third-order valence-electron chi connectivity index (χ3n) is 7.92. The molecule has 1 fully saturated rings. The molecule has 1 atom stereocenters. The van der Waals surface area contributed by atoms with E-state index in [1.165, 1.54) is 0 Å². The molecular weight excluding hydrogens is 572 g/mol. The number of ether oxygens (including phenoxy) is 1. The molecule has 0 spiro atoms. The largest absolute Gasteiger partial charge is 0.490 e. The molecule has 11 heteroatoms. The molecule has 2 heterocycles.